The van der Waals surface area contributed by atoms with E-state index < -0.39 is 73.2 Å². The molecule has 0 aliphatic carbocycles. The number of hydrogen-bond donors (Lipinski definition) is 9. The third-order valence-corrected chi connectivity index (χ3v) is 4.50. The van der Waals surface area contributed by atoms with Gasteiger partial charge < -0.3 is 46.6 Å². The Kier molecular flexibility index (Phi) is 12.4. The molecule has 168 valence electrons. The number of likely N-dealkylation sites (N-methyl/N-ethyl adjacent to an activating group) is 1. The van der Waals surface area contributed by atoms with Crippen LogP contribution < -0.4 is 16.0 Å². The SMILES string of the molecule is CN[C@@H](CC(=O)NC[C@H](O)[C@@H](O)[C@H](O)[C@H](O)C(=O)O)C(=O)N[C@@H](CSC)C(=O)O. The number of nitrogens with one attached hydrogen (secondary N) is 3. The van der Waals surface area contributed by atoms with Crippen molar-refractivity contribution in [1.82, 2.24) is 16.0 Å². The van der Waals surface area contributed by atoms with Crippen LogP contribution >= 0.6 is 11.8 Å². The number of aliphatic carboxylic acids is 2. The summed E-state index contributed by atoms with van der Waals surface area (Å²) in [6.45, 7) is -0.605. The number of aliphatic hydroxyl groups excluding tert-OH is 4. The van der Waals surface area contributed by atoms with Gasteiger partial charge in [-0.25, -0.2) is 9.59 Å². The number of carboxylic acids is 2. The maximum atomic E-state index is 12.1. The quantitative estimate of drug-likeness (QED) is 0.124. The topological polar surface area (TPSA) is 226 Å². The molecule has 0 fully saturated rings. The molecule has 0 aliphatic rings. The lowest BCUT2D eigenvalue weighted by molar-refractivity contribution is -0.162. The minimum atomic E-state index is -2.34. The molecule has 0 aromatic heterocycles. The van der Waals surface area contributed by atoms with Crippen molar-refractivity contribution in [3.63, 3.8) is 0 Å². The third-order valence-electron chi connectivity index (χ3n) is 3.83. The predicted molar refractivity (Wildman–Crippen MR) is 100 cm³/mol. The van der Waals surface area contributed by atoms with Crippen molar-refractivity contribution in [3.8, 4) is 0 Å². The molecule has 29 heavy (non-hydrogen) atoms. The first-order valence-corrected chi connectivity index (χ1v) is 9.76. The summed E-state index contributed by atoms with van der Waals surface area (Å²) < 4.78 is 0. The highest BCUT2D eigenvalue weighted by Crippen LogP contribution is 2.06. The smallest absolute Gasteiger partial charge is 0.335 e. The van der Waals surface area contributed by atoms with Gasteiger partial charge in [0.2, 0.25) is 11.8 Å². The van der Waals surface area contributed by atoms with Gasteiger partial charge in [0.15, 0.2) is 6.10 Å². The van der Waals surface area contributed by atoms with Crippen molar-refractivity contribution in [2.45, 2.75) is 42.9 Å². The summed E-state index contributed by atoms with van der Waals surface area (Å²) in [4.78, 5) is 45.7. The number of carbonyl (C=O) groups is 4. The lowest BCUT2D eigenvalue weighted by atomic mass is 10.0. The first kappa shape index (κ1) is 27.0. The summed E-state index contributed by atoms with van der Waals surface area (Å²) in [5, 5.41) is 62.6. The van der Waals surface area contributed by atoms with Crippen molar-refractivity contribution in [1.29, 1.82) is 0 Å². The van der Waals surface area contributed by atoms with E-state index in [0.29, 0.717) is 0 Å². The number of rotatable bonds is 14. The van der Waals surface area contributed by atoms with Gasteiger partial charge in [0.05, 0.1) is 18.6 Å². The number of thioether (sulfide) groups is 1. The van der Waals surface area contributed by atoms with Crippen LogP contribution in [0, 0.1) is 0 Å². The molecular weight excluding hydrogens is 414 g/mol. The fourth-order valence-electron chi connectivity index (χ4n) is 2.10. The highest BCUT2D eigenvalue weighted by molar-refractivity contribution is 7.98. The van der Waals surface area contributed by atoms with Gasteiger partial charge in [-0.2, -0.15) is 11.8 Å². The molecule has 6 atom stereocenters. The average molecular weight is 441 g/mol. The van der Waals surface area contributed by atoms with Crippen LogP contribution in [-0.4, -0.2) is 116 Å². The molecule has 0 aromatic rings. The molecule has 0 spiro atoms. The number of hydrogen-bond acceptors (Lipinski definition) is 10. The van der Waals surface area contributed by atoms with Crippen LogP contribution in [0.3, 0.4) is 0 Å². The summed E-state index contributed by atoms with van der Waals surface area (Å²) >= 11 is 1.21. The number of aliphatic hydroxyl groups is 4. The van der Waals surface area contributed by atoms with Crippen molar-refractivity contribution in [3.05, 3.63) is 0 Å². The van der Waals surface area contributed by atoms with Crippen molar-refractivity contribution >= 4 is 35.5 Å². The van der Waals surface area contributed by atoms with Crippen LogP contribution in [-0.2, 0) is 19.2 Å². The Morgan fingerprint density at radius 3 is 1.97 bits per heavy atom. The van der Waals surface area contributed by atoms with Gasteiger partial charge in [-0.1, -0.05) is 0 Å². The minimum absolute atomic E-state index is 0.123. The van der Waals surface area contributed by atoms with Gasteiger partial charge >= 0.3 is 11.9 Å². The highest BCUT2D eigenvalue weighted by atomic mass is 32.2. The van der Waals surface area contributed by atoms with Gasteiger partial charge in [0.25, 0.3) is 0 Å². The van der Waals surface area contributed by atoms with Crippen molar-refractivity contribution in [2.75, 3.05) is 25.6 Å². The molecule has 0 bridgehead atoms. The first-order chi connectivity index (χ1) is 13.5. The van der Waals surface area contributed by atoms with Gasteiger partial charge in [-0.3, -0.25) is 9.59 Å². The summed E-state index contributed by atoms with van der Waals surface area (Å²) in [7, 11) is 1.38. The molecule has 0 radical (unpaired) electrons. The predicted octanol–water partition coefficient (Wildman–Crippen LogP) is -4.46. The van der Waals surface area contributed by atoms with E-state index in [2.05, 4.69) is 16.0 Å². The molecule has 0 rings (SSSR count). The second-order valence-corrected chi connectivity index (χ2v) is 6.95. The molecule has 13 nitrogen and oxygen atoms in total. The zero-order chi connectivity index (χ0) is 22.7. The second-order valence-electron chi connectivity index (χ2n) is 6.04. The Hall–Kier alpha value is -1.97. The molecular formula is C15H27N3O10S. The summed E-state index contributed by atoms with van der Waals surface area (Å²) in [5.41, 5.74) is 0. The van der Waals surface area contributed by atoms with E-state index in [-0.39, 0.29) is 5.75 Å². The van der Waals surface area contributed by atoms with E-state index in [1.807, 2.05) is 0 Å². The normalized spacial score (nSPS) is 17.3. The summed E-state index contributed by atoms with van der Waals surface area (Å²) in [5.74, 6) is -4.40. The zero-order valence-corrected chi connectivity index (χ0v) is 16.6. The van der Waals surface area contributed by atoms with Crippen LogP contribution in [0.15, 0.2) is 0 Å². The molecule has 0 unspecified atom stereocenters. The minimum Gasteiger partial charge on any atom is -0.480 e. The van der Waals surface area contributed by atoms with Crippen LogP contribution in [0.4, 0.5) is 0 Å². The summed E-state index contributed by atoms with van der Waals surface area (Å²) in [6.07, 6.45) is -7.17. The Labute approximate surface area is 170 Å². The first-order valence-electron chi connectivity index (χ1n) is 8.37. The number of carbonyl (C=O) groups excluding carboxylic acids is 2. The van der Waals surface area contributed by atoms with Gasteiger partial charge in [-0.15, -0.1) is 0 Å². The largest absolute Gasteiger partial charge is 0.480 e. The Bertz CT molecular complexity index is 579. The Morgan fingerprint density at radius 1 is 0.931 bits per heavy atom. The van der Waals surface area contributed by atoms with Crippen molar-refractivity contribution < 1.29 is 49.8 Å². The van der Waals surface area contributed by atoms with Crippen molar-refractivity contribution in [2.24, 2.45) is 0 Å². The molecule has 0 saturated heterocycles. The molecule has 0 saturated carbocycles. The van der Waals surface area contributed by atoms with Crippen LogP contribution in [0.25, 0.3) is 0 Å². The van der Waals surface area contributed by atoms with E-state index in [9.17, 15) is 34.5 Å². The van der Waals surface area contributed by atoms with E-state index in [1.54, 1.807) is 6.26 Å². The van der Waals surface area contributed by atoms with E-state index in [1.165, 1.54) is 18.8 Å². The molecule has 9 N–H and O–H groups in total. The standard InChI is InChI=1S/C15H27N3O10S/c1-16-6(13(24)18-7(5-29-2)14(25)26)3-9(20)17-4-8(19)10(21)11(22)12(23)15(27)28/h6-8,10-12,16,19,21-23H,3-5H2,1-2H3,(H,17,20)(H,18,24)(H,25,26)(H,27,28)/t6-,7-,8-,10+,11-,12-/m0/s1. The van der Waals surface area contributed by atoms with Gasteiger partial charge in [0.1, 0.15) is 18.2 Å². The van der Waals surface area contributed by atoms with E-state index >= 15 is 0 Å². The monoisotopic (exact) mass is 441 g/mol. The molecule has 0 aliphatic heterocycles. The van der Waals surface area contributed by atoms with Crippen LogP contribution in [0.2, 0.25) is 0 Å². The second kappa shape index (κ2) is 13.3. The maximum absolute atomic E-state index is 12.1. The highest BCUT2D eigenvalue weighted by Gasteiger charge is 2.34. The Balaban J connectivity index is 4.67. The average Bonchev–Trinajstić information content (AvgIpc) is 2.67. The lowest BCUT2D eigenvalue weighted by Crippen LogP contribution is -2.53. The fraction of sp³-hybridized carbons (Fsp3) is 0.733. The van der Waals surface area contributed by atoms with Crippen LogP contribution in [0.1, 0.15) is 6.42 Å². The number of amides is 2. The van der Waals surface area contributed by atoms with Gasteiger partial charge in [-0.05, 0) is 13.3 Å². The molecule has 14 heteroatoms. The lowest BCUT2D eigenvalue weighted by Gasteiger charge is -2.25. The number of carboxylic acid groups (broad SMARTS) is 2. The van der Waals surface area contributed by atoms with E-state index in [4.69, 9.17) is 15.3 Å². The van der Waals surface area contributed by atoms with Crippen LogP contribution in [0.5, 0.6) is 0 Å². The molecule has 0 aromatic carbocycles. The maximum Gasteiger partial charge on any atom is 0.335 e. The van der Waals surface area contributed by atoms with E-state index in [0.717, 1.165) is 0 Å². The summed E-state index contributed by atoms with van der Waals surface area (Å²) in [6, 6.07) is -2.23. The zero-order valence-electron chi connectivity index (χ0n) is 15.8. The molecule has 0 heterocycles. The molecule has 2 amide bonds. The third kappa shape index (κ3) is 9.38. The Morgan fingerprint density at radius 2 is 1.52 bits per heavy atom. The fourth-order valence-corrected chi connectivity index (χ4v) is 2.66. The van der Waals surface area contributed by atoms with Gasteiger partial charge in [0, 0.05) is 12.3 Å².